The van der Waals surface area contributed by atoms with Crippen molar-refractivity contribution in [3.05, 3.63) is 265 Å². The van der Waals surface area contributed by atoms with E-state index in [0.717, 1.165) is 51.0 Å². The van der Waals surface area contributed by atoms with Crippen LogP contribution in [-0.4, -0.2) is 19.5 Å². The maximum atomic E-state index is 5.11. The molecule has 0 saturated carbocycles. The highest BCUT2D eigenvalue weighted by Crippen LogP contribution is 2.50. The van der Waals surface area contributed by atoms with Gasteiger partial charge in [0.25, 0.3) is 0 Å². The fourth-order valence-corrected chi connectivity index (χ4v) is 9.51. The number of hydrogen-bond acceptors (Lipinski definition) is 3. The standard InChI is InChI=1S/C59H42N4/c1-41-21-8-2-19-34-50-52(59(41,47-29-15-6-16-30-47)48-31-17-7-18-32-48)37-38-53-55(50)51-36-35-45(42-22-9-3-10-23-42)40-54(51)63(53)49-33-20-28-46(39-49)58-61-56(43-24-11-4-12-25-43)60-57(62-58)44-26-13-5-14-27-44/h2-33,35-40H,1,34H2/b19-2-,21-8-. The van der Waals surface area contributed by atoms with Crippen LogP contribution < -0.4 is 0 Å². The minimum Gasteiger partial charge on any atom is -0.309 e. The quantitative estimate of drug-likeness (QED) is 0.161. The molecule has 2 aromatic heterocycles. The van der Waals surface area contributed by atoms with Crippen molar-refractivity contribution in [2.45, 2.75) is 11.8 Å². The molecule has 0 amide bonds. The first-order valence-electron chi connectivity index (χ1n) is 21.4. The third kappa shape index (κ3) is 6.61. The molecule has 4 nitrogen and oxygen atoms in total. The fraction of sp³-hybridized carbons (Fsp3) is 0.0339. The second-order valence-electron chi connectivity index (χ2n) is 16.0. The fourth-order valence-electron chi connectivity index (χ4n) is 9.51. The summed E-state index contributed by atoms with van der Waals surface area (Å²) in [5, 5.41) is 2.41. The summed E-state index contributed by atoms with van der Waals surface area (Å²) in [5.41, 5.74) is 13.6. The second-order valence-corrected chi connectivity index (χ2v) is 16.0. The van der Waals surface area contributed by atoms with Gasteiger partial charge >= 0.3 is 0 Å². The van der Waals surface area contributed by atoms with E-state index in [9.17, 15) is 0 Å². The number of nitrogens with zero attached hydrogens (tertiary/aromatic N) is 4. The van der Waals surface area contributed by atoms with Crippen molar-refractivity contribution in [1.29, 1.82) is 0 Å². The highest BCUT2D eigenvalue weighted by Gasteiger charge is 2.40. The summed E-state index contributed by atoms with van der Waals surface area (Å²) in [6, 6.07) is 72.9. The van der Waals surface area contributed by atoms with Gasteiger partial charge in [-0.2, -0.15) is 0 Å². The number of fused-ring (bicyclic) bond motifs is 5. The lowest BCUT2D eigenvalue weighted by Crippen LogP contribution is -2.32. The van der Waals surface area contributed by atoms with E-state index >= 15 is 0 Å². The van der Waals surface area contributed by atoms with Gasteiger partial charge in [-0.05, 0) is 69.6 Å². The molecule has 4 heteroatoms. The summed E-state index contributed by atoms with van der Waals surface area (Å²) in [7, 11) is 0. The molecule has 0 atom stereocenters. The Hall–Kier alpha value is -8.21. The van der Waals surface area contributed by atoms with E-state index < -0.39 is 5.41 Å². The van der Waals surface area contributed by atoms with Crippen LogP contribution in [0.25, 0.3) is 72.8 Å². The lowest BCUT2D eigenvalue weighted by molar-refractivity contribution is 0.739. The van der Waals surface area contributed by atoms with Crippen molar-refractivity contribution in [2.75, 3.05) is 0 Å². The molecule has 63 heavy (non-hydrogen) atoms. The van der Waals surface area contributed by atoms with Crippen LogP contribution in [0.3, 0.4) is 0 Å². The molecule has 0 fully saturated rings. The van der Waals surface area contributed by atoms with E-state index in [1.54, 1.807) is 0 Å². The Bertz CT molecular complexity index is 3250. The van der Waals surface area contributed by atoms with Gasteiger partial charge in [0.2, 0.25) is 0 Å². The second kappa shape index (κ2) is 16.0. The minimum atomic E-state index is -0.654. The highest BCUT2D eigenvalue weighted by atomic mass is 15.0. The van der Waals surface area contributed by atoms with Gasteiger partial charge in [-0.1, -0.05) is 213 Å². The summed E-state index contributed by atoms with van der Waals surface area (Å²) in [6.07, 6.45) is 9.51. The third-order valence-electron chi connectivity index (χ3n) is 12.4. The average molecular weight is 807 g/mol. The molecule has 0 bridgehead atoms. The van der Waals surface area contributed by atoms with Crippen molar-refractivity contribution in [3.63, 3.8) is 0 Å². The van der Waals surface area contributed by atoms with Gasteiger partial charge in [0.15, 0.2) is 17.5 Å². The Morgan fingerprint density at radius 3 is 1.59 bits per heavy atom. The number of aromatic nitrogens is 4. The zero-order valence-electron chi connectivity index (χ0n) is 34.6. The Kier molecular flexibility index (Phi) is 9.59. The molecule has 10 aromatic rings. The molecule has 0 spiro atoms. The summed E-state index contributed by atoms with van der Waals surface area (Å²) < 4.78 is 2.43. The largest absolute Gasteiger partial charge is 0.309 e. The lowest BCUT2D eigenvalue weighted by Gasteiger charge is -2.38. The molecule has 0 N–H and O–H groups in total. The van der Waals surface area contributed by atoms with Crippen molar-refractivity contribution < 1.29 is 0 Å². The Balaban J connectivity index is 1.19. The van der Waals surface area contributed by atoms with Crippen LogP contribution in [0.5, 0.6) is 0 Å². The van der Waals surface area contributed by atoms with E-state index in [4.69, 9.17) is 21.5 Å². The molecular formula is C59H42N4. The Morgan fingerprint density at radius 1 is 0.444 bits per heavy atom. The molecule has 8 aromatic carbocycles. The van der Waals surface area contributed by atoms with Crippen LogP contribution in [0.15, 0.2) is 243 Å². The van der Waals surface area contributed by atoms with E-state index in [0.29, 0.717) is 17.5 Å². The summed E-state index contributed by atoms with van der Waals surface area (Å²) >= 11 is 0. The molecule has 11 rings (SSSR count). The minimum absolute atomic E-state index is 0.614. The molecular weight excluding hydrogens is 765 g/mol. The van der Waals surface area contributed by atoms with Gasteiger partial charge in [-0.15, -0.1) is 0 Å². The van der Waals surface area contributed by atoms with E-state index in [-0.39, 0.29) is 0 Å². The van der Waals surface area contributed by atoms with Crippen molar-refractivity contribution >= 4 is 21.8 Å². The van der Waals surface area contributed by atoms with Crippen LogP contribution in [0.2, 0.25) is 0 Å². The van der Waals surface area contributed by atoms with Gasteiger partial charge in [-0.3, -0.25) is 0 Å². The first kappa shape index (κ1) is 37.8. The van der Waals surface area contributed by atoms with Gasteiger partial charge in [0.05, 0.1) is 16.4 Å². The number of rotatable bonds is 7. The third-order valence-corrected chi connectivity index (χ3v) is 12.4. The van der Waals surface area contributed by atoms with Crippen LogP contribution in [0, 0.1) is 0 Å². The van der Waals surface area contributed by atoms with Crippen molar-refractivity contribution in [3.8, 4) is 51.0 Å². The predicted molar refractivity (Wildman–Crippen MR) is 260 cm³/mol. The van der Waals surface area contributed by atoms with Crippen LogP contribution in [0.1, 0.15) is 22.3 Å². The molecule has 0 unspecified atom stereocenters. The van der Waals surface area contributed by atoms with Crippen LogP contribution in [-0.2, 0) is 11.8 Å². The SMILES string of the molecule is C=C1/C=C\C=C/Cc2c(ccc3c2c2ccc(-c4ccccc4)cc2n3-c2cccc(-c3nc(-c4ccccc4)nc(-c4ccccc4)n3)c2)C1(c1ccccc1)c1ccccc1. The van der Waals surface area contributed by atoms with Gasteiger partial charge in [-0.25, -0.2) is 15.0 Å². The lowest BCUT2D eigenvalue weighted by atomic mass is 9.63. The maximum Gasteiger partial charge on any atom is 0.164 e. The molecule has 0 saturated heterocycles. The summed E-state index contributed by atoms with van der Waals surface area (Å²) in [6.45, 7) is 4.85. The van der Waals surface area contributed by atoms with Crippen molar-refractivity contribution in [2.24, 2.45) is 0 Å². The molecule has 1 aliphatic carbocycles. The molecule has 0 aliphatic heterocycles. The Labute approximate surface area is 367 Å². The Morgan fingerprint density at radius 2 is 0.984 bits per heavy atom. The number of allylic oxidation sites excluding steroid dienone is 5. The van der Waals surface area contributed by atoms with Gasteiger partial charge in [0, 0.05) is 33.2 Å². The van der Waals surface area contributed by atoms with E-state index in [1.807, 2.05) is 60.7 Å². The van der Waals surface area contributed by atoms with Gasteiger partial charge in [0.1, 0.15) is 0 Å². The molecule has 2 heterocycles. The molecule has 0 radical (unpaired) electrons. The molecule has 298 valence electrons. The van der Waals surface area contributed by atoms with Crippen molar-refractivity contribution in [1.82, 2.24) is 19.5 Å². The first-order chi connectivity index (χ1) is 31.2. The number of benzene rings is 8. The average Bonchev–Trinajstić information content (AvgIpc) is 3.72. The summed E-state index contributed by atoms with van der Waals surface area (Å²) in [4.78, 5) is 15.2. The van der Waals surface area contributed by atoms with Gasteiger partial charge < -0.3 is 4.57 Å². The predicted octanol–water partition coefficient (Wildman–Crippen LogP) is 14.2. The van der Waals surface area contributed by atoms with E-state index in [2.05, 4.69) is 174 Å². The summed E-state index contributed by atoms with van der Waals surface area (Å²) in [5.74, 6) is 1.88. The maximum absolute atomic E-state index is 5.11. The smallest absolute Gasteiger partial charge is 0.164 e. The van der Waals surface area contributed by atoms with E-state index in [1.165, 1.54) is 38.6 Å². The van der Waals surface area contributed by atoms with Crippen LogP contribution >= 0.6 is 0 Å². The zero-order valence-corrected chi connectivity index (χ0v) is 34.6. The number of hydrogen-bond donors (Lipinski definition) is 0. The van der Waals surface area contributed by atoms with Crippen LogP contribution in [0.4, 0.5) is 0 Å². The monoisotopic (exact) mass is 806 g/mol. The first-order valence-corrected chi connectivity index (χ1v) is 21.4. The topological polar surface area (TPSA) is 43.6 Å². The normalized spacial score (nSPS) is 14.4. The molecule has 1 aliphatic rings. The highest BCUT2D eigenvalue weighted by molar-refractivity contribution is 6.12. The zero-order chi connectivity index (χ0) is 42.2.